The van der Waals surface area contributed by atoms with E-state index in [4.69, 9.17) is 9.84 Å². The van der Waals surface area contributed by atoms with E-state index in [9.17, 15) is 0 Å². The van der Waals surface area contributed by atoms with E-state index in [-0.39, 0.29) is 6.10 Å². The Kier molecular flexibility index (Phi) is 2.65. The number of aliphatic hydroxyl groups excluding tert-OH is 1. The third-order valence-electron chi connectivity index (χ3n) is 1.83. The van der Waals surface area contributed by atoms with Crippen molar-refractivity contribution in [1.29, 1.82) is 0 Å². The minimum absolute atomic E-state index is 0.150. The van der Waals surface area contributed by atoms with Crippen LogP contribution in [0.2, 0.25) is 0 Å². The average molecular weight is 147 g/mol. The largest absolute Gasteiger partial charge is 0.433 e. The maximum absolute atomic E-state index is 9.10. The van der Waals surface area contributed by atoms with Crippen LogP contribution in [0.5, 0.6) is 0 Å². The summed E-state index contributed by atoms with van der Waals surface area (Å²) < 4.78 is 9.22. The fourth-order valence-electron chi connectivity index (χ4n) is 1.30. The van der Waals surface area contributed by atoms with Crippen molar-refractivity contribution in [3.63, 3.8) is 0 Å². The van der Waals surface area contributed by atoms with E-state index in [1.807, 2.05) is 6.92 Å². The Bertz CT molecular complexity index is 95.0. The second-order valence-electron chi connectivity index (χ2n) is 2.78. The highest BCUT2D eigenvalue weighted by Crippen LogP contribution is 2.18. The first-order chi connectivity index (χ1) is 4.72. The van der Waals surface area contributed by atoms with Crippen LogP contribution >= 0.6 is 0 Å². The van der Waals surface area contributed by atoms with Gasteiger partial charge in [0.25, 0.3) is 0 Å². The summed E-state index contributed by atoms with van der Waals surface area (Å²) in [5.74, 6) is 0. The molecule has 3 atom stereocenters. The first-order valence-electron chi connectivity index (χ1n) is 3.65. The van der Waals surface area contributed by atoms with Gasteiger partial charge in [0.1, 0.15) is 7.11 Å². The lowest BCUT2D eigenvalue weighted by molar-refractivity contribution is -0.217. The molecule has 10 heavy (non-hydrogen) atoms. The van der Waals surface area contributed by atoms with Crippen LogP contribution in [0.25, 0.3) is 0 Å². The molecule has 60 valence electrons. The SMILES string of the molecule is C[OH+]C1CC(C)OC(O)C1. The Morgan fingerprint density at radius 3 is 2.70 bits per heavy atom. The molecule has 0 radical (unpaired) electrons. The van der Waals surface area contributed by atoms with Crippen LogP contribution in [-0.4, -0.2) is 35.5 Å². The molecule has 1 fully saturated rings. The molecular formula is C7H15O3+. The van der Waals surface area contributed by atoms with E-state index in [2.05, 4.69) is 4.74 Å². The predicted molar refractivity (Wildman–Crippen MR) is 37.7 cm³/mol. The zero-order valence-corrected chi connectivity index (χ0v) is 6.45. The molecule has 0 saturated carbocycles. The lowest BCUT2D eigenvalue weighted by Crippen LogP contribution is -2.36. The molecule has 1 saturated heterocycles. The van der Waals surface area contributed by atoms with Gasteiger partial charge in [-0.1, -0.05) is 0 Å². The molecule has 3 unspecified atom stereocenters. The predicted octanol–water partition coefficient (Wildman–Crippen LogP) is 0.0301. The smallest absolute Gasteiger partial charge is 0.162 e. The van der Waals surface area contributed by atoms with Gasteiger partial charge in [-0.05, 0) is 6.92 Å². The molecule has 3 nitrogen and oxygen atoms in total. The van der Waals surface area contributed by atoms with Gasteiger partial charge < -0.3 is 14.6 Å². The third-order valence-corrected chi connectivity index (χ3v) is 1.83. The molecule has 0 spiro atoms. The molecule has 1 heterocycles. The van der Waals surface area contributed by atoms with Crippen LogP contribution in [-0.2, 0) is 4.74 Å². The molecule has 2 N–H and O–H groups in total. The second kappa shape index (κ2) is 3.32. The van der Waals surface area contributed by atoms with Gasteiger partial charge in [-0.25, -0.2) is 0 Å². The van der Waals surface area contributed by atoms with Gasteiger partial charge in [0.15, 0.2) is 12.4 Å². The standard InChI is InChI=1S/C7H14O3/c1-5-3-6(9-2)4-7(8)10-5/h5-8H,3-4H2,1-2H3/p+1. The van der Waals surface area contributed by atoms with Crippen molar-refractivity contribution < 1.29 is 14.6 Å². The van der Waals surface area contributed by atoms with Gasteiger partial charge in [-0.3, -0.25) is 0 Å². The van der Waals surface area contributed by atoms with E-state index in [0.717, 1.165) is 6.42 Å². The van der Waals surface area contributed by atoms with Crippen molar-refractivity contribution >= 4 is 0 Å². The maximum Gasteiger partial charge on any atom is 0.162 e. The molecule has 1 rings (SSSR count). The Morgan fingerprint density at radius 1 is 1.50 bits per heavy atom. The molecular weight excluding hydrogens is 132 g/mol. The summed E-state index contributed by atoms with van der Waals surface area (Å²) in [6.07, 6.45) is 1.43. The fourth-order valence-corrected chi connectivity index (χ4v) is 1.30. The van der Waals surface area contributed by atoms with Gasteiger partial charge in [0.2, 0.25) is 0 Å². The van der Waals surface area contributed by atoms with Crippen molar-refractivity contribution in [2.75, 3.05) is 7.11 Å². The van der Waals surface area contributed by atoms with Crippen LogP contribution < -0.4 is 0 Å². The monoisotopic (exact) mass is 147 g/mol. The fraction of sp³-hybridized carbons (Fsp3) is 1.00. The highest BCUT2D eigenvalue weighted by Gasteiger charge is 2.28. The highest BCUT2D eigenvalue weighted by molar-refractivity contribution is 4.69. The van der Waals surface area contributed by atoms with Gasteiger partial charge in [0.05, 0.1) is 12.5 Å². The molecule has 0 aromatic heterocycles. The summed E-state index contributed by atoms with van der Waals surface area (Å²) in [5, 5.41) is 9.10. The molecule has 1 aliphatic heterocycles. The van der Waals surface area contributed by atoms with Crippen molar-refractivity contribution in [3.05, 3.63) is 0 Å². The summed E-state index contributed by atoms with van der Waals surface area (Å²) in [6.45, 7) is 1.96. The first kappa shape index (κ1) is 7.98. The highest BCUT2D eigenvalue weighted by atomic mass is 16.6. The molecule has 0 bridgehead atoms. The van der Waals surface area contributed by atoms with Crippen LogP contribution in [0.4, 0.5) is 0 Å². The number of hydrogen-bond donors (Lipinski definition) is 1. The molecule has 1 aliphatic rings. The normalized spacial score (nSPS) is 41.7. The van der Waals surface area contributed by atoms with Crippen molar-refractivity contribution in [3.8, 4) is 0 Å². The second-order valence-corrected chi connectivity index (χ2v) is 2.78. The Balaban J connectivity index is 2.35. The molecule has 0 aliphatic carbocycles. The quantitative estimate of drug-likeness (QED) is 0.532. The number of hydrogen-bond acceptors (Lipinski definition) is 2. The van der Waals surface area contributed by atoms with E-state index >= 15 is 0 Å². The van der Waals surface area contributed by atoms with Crippen molar-refractivity contribution in [1.82, 2.24) is 0 Å². The van der Waals surface area contributed by atoms with Crippen LogP contribution in [0, 0.1) is 0 Å². The molecule has 0 aromatic carbocycles. The number of rotatable bonds is 1. The lowest BCUT2D eigenvalue weighted by Gasteiger charge is -2.27. The summed E-state index contributed by atoms with van der Waals surface area (Å²) in [6, 6.07) is 0. The summed E-state index contributed by atoms with van der Waals surface area (Å²) in [4.78, 5) is 0. The number of aliphatic hydroxyl groups is 3. The summed E-state index contributed by atoms with van der Waals surface area (Å²) >= 11 is 0. The van der Waals surface area contributed by atoms with Gasteiger partial charge in [0, 0.05) is 6.42 Å². The summed E-state index contributed by atoms with van der Waals surface area (Å²) in [7, 11) is 1.79. The lowest BCUT2D eigenvalue weighted by atomic mass is 10.1. The molecule has 3 heteroatoms. The first-order valence-corrected chi connectivity index (χ1v) is 3.65. The van der Waals surface area contributed by atoms with Crippen molar-refractivity contribution in [2.24, 2.45) is 0 Å². The maximum atomic E-state index is 9.10. The van der Waals surface area contributed by atoms with E-state index in [1.54, 1.807) is 7.11 Å². The van der Waals surface area contributed by atoms with Gasteiger partial charge in [-0.2, -0.15) is 0 Å². The molecule has 0 aromatic rings. The van der Waals surface area contributed by atoms with E-state index in [0.29, 0.717) is 12.5 Å². The zero-order valence-electron chi connectivity index (χ0n) is 6.45. The van der Waals surface area contributed by atoms with E-state index in [1.165, 1.54) is 0 Å². The Hall–Kier alpha value is -0.120. The minimum Gasteiger partial charge on any atom is -0.433 e. The number of ether oxygens (including phenoxy) is 2. The Morgan fingerprint density at radius 2 is 2.20 bits per heavy atom. The third kappa shape index (κ3) is 1.94. The van der Waals surface area contributed by atoms with Crippen LogP contribution in [0.1, 0.15) is 19.8 Å². The van der Waals surface area contributed by atoms with Gasteiger partial charge in [-0.15, -0.1) is 0 Å². The van der Waals surface area contributed by atoms with Crippen LogP contribution in [0.3, 0.4) is 0 Å². The minimum atomic E-state index is -0.600. The topological polar surface area (TPSA) is 42.3 Å². The average Bonchev–Trinajstić information content (AvgIpc) is 1.85. The summed E-state index contributed by atoms with van der Waals surface area (Å²) in [5.41, 5.74) is 0. The molecule has 0 amide bonds. The zero-order chi connectivity index (χ0) is 7.56. The van der Waals surface area contributed by atoms with Crippen LogP contribution in [0.15, 0.2) is 0 Å². The van der Waals surface area contributed by atoms with Gasteiger partial charge >= 0.3 is 0 Å². The van der Waals surface area contributed by atoms with Crippen molar-refractivity contribution in [2.45, 2.75) is 38.3 Å². The van der Waals surface area contributed by atoms with E-state index < -0.39 is 6.29 Å². The Labute approximate surface area is 60.9 Å².